The van der Waals surface area contributed by atoms with Crippen LogP contribution in [0.5, 0.6) is 0 Å². The number of carbonyl (C=O) groups excluding carboxylic acids is 1. The Hall–Kier alpha value is -1.02. The van der Waals surface area contributed by atoms with Gasteiger partial charge >= 0.3 is 0 Å². The van der Waals surface area contributed by atoms with E-state index < -0.39 is 20.0 Å². The minimum absolute atomic E-state index is 0.0108. The average Bonchev–Trinajstić information content (AvgIpc) is 3.13. The van der Waals surface area contributed by atoms with Crippen molar-refractivity contribution in [3.05, 3.63) is 24.3 Å². The maximum Gasteiger partial charge on any atom is 0.268 e. The van der Waals surface area contributed by atoms with Gasteiger partial charge in [0.15, 0.2) is 0 Å². The van der Waals surface area contributed by atoms with Crippen LogP contribution < -0.4 is 10.2 Å². The summed E-state index contributed by atoms with van der Waals surface area (Å²) < 4.78 is 23.2. The fourth-order valence-corrected chi connectivity index (χ4v) is 7.44. The molecule has 1 amide bonds. The molecule has 0 aromatic heterocycles. The second kappa shape index (κ2) is 38.5. The molecule has 0 radical (unpaired) electrons. The molecule has 0 rings (SSSR count). The monoisotopic (exact) mass is 799 g/mol. The molecule has 0 spiro atoms. The summed E-state index contributed by atoms with van der Waals surface area (Å²) >= 11 is 0. The smallest absolute Gasteiger partial charge is 0.268 e. The van der Waals surface area contributed by atoms with E-state index in [2.05, 4.69) is 43.5 Å². The van der Waals surface area contributed by atoms with Crippen molar-refractivity contribution < 1.29 is 32.9 Å². The maximum atomic E-state index is 12.9. The van der Waals surface area contributed by atoms with Crippen molar-refractivity contribution in [2.45, 2.75) is 225 Å². The van der Waals surface area contributed by atoms with Gasteiger partial charge < -0.3 is 28.8 Å². The molecule has 0 aliphatic carbocycles. The molecule has 326 valence electrons. The number of quaternary nitrogens is 1. The highest BCUT2D eigenvalue weighted by Crippen LogP contribution is 2.38. The van der Waals surface area contributed by atoms with E-state index in [0.29, 0.717) is 23.9 Å². The molecule has 0 fully saturated rings. The Balaban J connectivity index is 4.22. The van der Waals surface area contributed by atoms with E-state index in [1.807, 2.05) is 21.1 Å². The molecule has 0 aromatic rings. The number of aliphatic hydroxyl groups excluding tert-OH is 1. The van der Waals surface area contributed by atoms with Crippen LogP contribution in [0.2, 0.25) is 0 Å². The highest BCUT2D eigenvalue weighted by molar-refractivity contribution is 7.45. The van der Waals surface area contributed by atoms with Crippen LogP contribution in [0.4, 0.5) is 0 Å². The van der Waals surface area contributed by atoms with Gasteiger partial charge in [-0.1, -0.05) is 186 Å². The third kappa shape index (κ3) is 41.0. The molecule has 3 atom stereocenters. The zero-order chi connectivity index (χ0) is 40.7. The number of nitrogens with zero attached hydrogens (tertiary/aromatic N) is 1. The number of unbranched alkanes of at least 4 members (excludes halogenated alkanes) is 25. The van der Waals surface area contributed by atoms with Crippen LogP contribution >= 0.6 is 7.82 Å². The van der Waals surface area contributed by atoms with Gasteiger partial charge in [0.1, 0.15) is 13.2 Å². The predicted octanol–water partition coefficient (Wildman–Crippen LogP) is 12.3. The molecule has 0 saturated carbocycles. The van der Waals surface area contributed by atoms with Gasteiger partial charge in [-0.15, -0.1) is 0 Å². The predicted molar refractivity (Wildman–Crippen MR) is 233 cm³/mol. The number of aliphatic hydroxyl groups is 1. The quantitative estimate of drug-likeness (QED) is 0.0276. The van der Waals surface area contributed by atoms with Gasteiger partial charge in [0.05, 0.1) is 39.9 Å². The highest BCUT2D eigenvalue weighted by Gasteiger charge is 2.24. The van der Waals surface area contributed by atoms with Gasteiger partial charge in [0.25, 0.3) is 7.82 Å². The molecule has 0 heterocycles. The summed E-state index contributed by atoms with van der Waals surface area (Å²) in [6, 6.07) is -0.801. The zero-order valence-electron chi connectivity index (χ0n) is 36.9. The number of phosphoric ester groups is 1. The van der Waals surface area contributed by atoms with E-state index in [1.54, 1.807) is 0 Å². The van der Waals surface area contributed by atoms with Crippen molar-refractivity contribution in [1.29, 1.82) is 0 Å². The molecule has 0 saturated heterocycles. The first-order valence-corrected chi connectivity index (χ1v) is 24.6. The van der Waals surface area contributed by atoms with Crippen LogP contribution in [-0.2, 0) is 18.4 Å². The third-order valence-electron chi connectivity index (χ3n) is 10.4. The van der Waals surface area contributed by atoms with Gasteiger partial charge in [0, 0.05) is 6.42 Å². The number of likely N-dealkylation sites (N-methyl/N-ethyl adjacent to an activating group) is 1. The lowest BCUT2D eigenvalue weighted by atomic mass is 10.0. The van der Waals surface area contributed by atoms with E-state index in [-0.39, 0.29) is 19.1 Å². The molecule has 0 aliphatic heterocycles. The van der Waals surface area contributed by atoms with Crippen molar-refractivity contribution in [3.8, 4) is 0 Å². The topological polar surface area (TPSA) is 108 Å². The Kier molecular flexibility index (Phi) is 37.8. The third-order valence-corrected chi connectivity index (χ3v) is 11.4. The molecule has 0 bridgehead atoms. The Bertz CT molecular complexity index is 953. The van der Waals surface area contributed by atoms with Crippen LogP contribution in [0.3, 0.4) is 0 Å². The summed E-state index contributed by atoms with van der Waals surface area (Å²) in [4.78, 5) is 25.3. The average molecular weight is 799 g/mol. The summed E-state index contributed by atoms with van der Waals surface area (Å²) in [7, 11) is 1.30. The van der Waals surface area contributed by atoms with Crippen molar-refractivity contribution in [3.63, 3.8) is 0 Å². The van der Waals surface area contributed by atoms with E-state index in [0.717, 1.165) is 51.4 Å². The number of allylic oxidation sites excluding steroid dienone is 4. The first-order chi connectivity index (χ1) is 26.5. The lowest BCUT2D eigenvalue weighted by Crippen LogP contribution is -2.46. The Labute approximate surface area is 341 Å². The van der Waals surface area contributed by atoms with Gasteiger partial charge in [-0.3, -0.25) is 9.36 Å². The van der Waals surface area contributed by atoms with E-state index in [1.165, 1.54) is 135 Å². The van der Waals surface area contributed by atoms with Crippen molar-refractivity contribution in [2.24, 2.45) is 0 Å². The number of amides is 1. The van der Waals surface area contributed by atoms with E-state index in [9.17, 15) is 19.4 Å². The number of hydrogen-bond donors (Lipinski definition) is 2. The summed E-state index contributed by atoms with van der Waals surface area (Å²) in [5, 5.41) is 13.9. The second-order valence-corrected chi connectivity index (χ2v) is 18.5. The van der Waals surface area contributed by atoms with Crippen molar-refractivity contribution in [2.75, 3.05) is 40.9 Å². The number of rotatable bonds is 42. The molecule has 2 N–H and O–H groups in total. The maximum absolute atomic E-state index is 12.9. The molecular weight excluding hydrogens is 707 g/mol. The first kappa shape index (κ1) is 54.0. The summed E-state index contributed by atoms with van der Waals surface area (Å²) in [6.07, 6.45) is 44.8. The standard InChI is InChI=1S/C46H91N2O6P/c1-6-8-10-12-14-16-18-19-20-21-22-23-24-25-26-27-28-29-30-32-34-36-38-40-46(50)47-44(43-54-55(51,52)53-42-41-48(3,4)5)45(49)39-37-35-33-31-17-15-13-11-9-7-2/h22-23,25-26,44-45,49H,6-21,24,27-43H2,1-5H3,(H-,47,50,51,52)/b23-22-,26-25-. The minimum Gasteiger partial charge on any atom is -0.756 e. The number of hydrogen-bond acceptors (Lipinski definition) is 6. The zero-order valence-corrected chi connectivity index (χ0v) is 37.8. The minimum atomic E-state index is -4.56. The van der Waals surface area contributed by atoms with Crippen LogP contribution in [0.1, 0.15) is 213 Å². The Morgan fingerprint density at radius 3 is 1.51 bits per heavy atom. The van der Waals surface area contributed by atoms with Gasteiger partial charge in [-0.25, -0.2) is 0 Å². The van der Waals surface area contributed by atoms with E-state index >= 15 is 0 Å². The van der Waals surface area contributed by atoms with E-state index in [4.69, 9.17) is 9.05 Å². The lowest BCUT2D eigenvalue weighted by molar-refractivity contribution is -0.870. The van der Waals surface area contributed by atoms with Gasteiger partial charge in [-0.05, 0) is 44.9 Å². The fourth-order valence-electron chi connectivity index (χ4n) is 6.72. The van der Waals surface area contributed by atoms with Crippen molar-refractivity contribution in [1.82, 2.24) is 5.32 Å². The normalized spacial score (nSPS) is 14.5. The highest BCUT2D eigenvalue weighted by atomic mass is 31.2. The largest absolute Gasteiger partial charge is 0.756 e. The molecule has 55 heavy (non-hydrogen) atoms. The van der Waals surface area contributed by atoms with Gasteiger partial charge in [-0.2, -0.15) is 0 Å². The van der Waals surface area contributed by atoms with Crippen LogP contribution in [0.25, 0.3) is 0 Å². The van der Waals surface area contributed by atoms with Crippen LogP contribution in [-0.4, -0.2) is 68.5 Å². The SMILES string of the molecule is CCCCCCCCCCC/C=C\C/C=C\CCCCCCCCCC(=O)NC(COP(=O)([O-])OCC[N+](C)(C)C)C(O)CCCCCCCCCCCC. The van der Waals surface area contributed by atoms with Crippen molar-refractivity contribution >= 4 is 13.7 Å². The number of nitrogens with one attached hydrogen (secondary N) is 1. The molecular formula is C46H91N2O6P. The molecule has 3 unspecified atom stereocenters. The second-order valence-electron chi connectivity index (χ2n) is 17.1. The summed E-state index contributed by atoms with van der Waals surface area (Å²) in [5.74, 6) is -0.174. The molecule has 0 aromatic carbocycles. The number of phosphoric acid groups is 1. The molecule has 8 nitrogen and oxygen atoms in total. The first-order valence-electron chi connectivity index (χ1n) is 23.2. The molecule has 0 aliphatic rings. The Morgan fingerprint density at radius 2 is 1.05 bits per heavy atom. The number of carbonyl (C=O) groups is 1. The Morgan fingerprint density at radius 1 is 0.636 bits per heavy atom. The van der Waals surface area contributed by atoms with Gasteiger partial charge in [0.2, 0.25) is 5.91 Å². The molecule has 9 heteroatoms. The fraction of sp³-hybridized carbons (Fsp3) is 0.891. The van der Waals surface area contributed by atoms with Crippen LogP contribution in [0, 0.1) is 0 Å². The lowest BCUT2D eigenvalue weighted by Gasteiger charge is -2.30. The van der Waals surface area contributed by atoms with Crippen LogP contribution in [0.15, 0.2) is 24.3 Å². The summed E-state index contributed by atoms with van der Waals surface area (Å²) in [5.41, 5.74) is 0. The summed E-state index contributed by atoms with van der Waals surface area (Å²) in [6.45, 7) is 4.70.